The van der Waals surface area contributed by atoms with Gasteiger partial charge in [0.2, 0.25) is 0 Å². The number of rotatable bonds is 4. The molecular weight excluding hydrogens is 262 g/mol. The van der Waals surface area contributed by atoms with E-state index < -0.39 is 0 Å². The van der Waals surface area contributed by atoms with E-state index in [0.717, 1.165) is 10.3 Å². The van der Waals surface area contributed by atoms with Crippen LogP contribution < -0.4 is 10.6 Å². The normalized spacial score (nSPS) is 11.5. The third-order valence-corrected chi connectivity index (χ3v) is 2.40. The molecule has 7 heteroatoms. The van der Waals surface area contributed by atoms with Crippen molar-refractivity contribution in [3.63, 3.8) is 0 Å². The number of hydrogen-bond acceptors (Lipinski definition) is 5. The first kappa shape index (κ1) is 11.7. The van der Waals surface area contributed by atoms with Gasteiger partial charge in [-0.25, -0.2) is 9.97 Å². The zero-order valence-corrected chi connectivity index (χ0v) is 9.85. The Morgan fingerprint density at radius 2 is 2.47 bits per heavy atom. The predicted molar refractivity (Wildman–Crippen MR) is 61.0 cm³/mol. The highest BCUT2D eigenvalue weighted by molar-refractivity contribution is 9.10. The maximum Gasteiger partial charge on any atom is 0.146 e. The van der Waals surface area contributed by atoms with Gasteiger partial charge in [-0.1, -0.05) is 5.16 Å². The maximum atomic E-state index is 8.38. The Hall–Kier alpha value is -1.37. The van der Waals surface area contributed by atoms with E-state index in [-0.39, 0.29) is 5.84 Å². The largest absolute Gasteiger partial charge is 0.409 e. The second-order valence-electron chi connectivity index (χ2n) is 2.96. The number of nitrogens with two attached hydrogens (primary N) is 1. The molecule has 3 N–H and O–H groups in total. The zero-order valence-electron chi connectivity index (χ0n) is 8.26. The van der Waals surface area contributed by atoms with Crippen molar-refractivity contribution in [3.05, 3.63) is 17.0 Å². The lowest BCUT2D eigenvalue weighted by Gasteiger charge is -2.18. The first-order chi connectivity index (χ1) is 7.15. The summed E-state index contributed by atoms with van der Waals surface area (Å²) < 4.78 is 0.812. The van der Waals surface area contributed by atoms with Crippen molar-refractivity contribution >= 4 is 27.6 Å². The highest BCUT2D eigenvalue weighted by Crippen LogP contribution is 2.20. The summed E-state index contributed by atoms with van der Waals surface area (Å²) in [6.45, 7) is 0.617. The molecule has 1 rings (SSSR count). The average Bonchev–Trinajstić information content (AvgIpc) is 2.26. The Morgan fingerprint density at radius 1 is 1.73 bits per heavy atom. The fourth-order valence-corrected chi connectivity index (χ4v) is 1.55. The molecule has 0 saturated carbocycles. The lowest BCUT2D eigenvalue weighted by Crippen LogP contribution is -2.25. The second-order valence-corrected chi connectivity index (χ2v) is 3.81. The summed E-state index contributed by atoms with van der Waals surface area (Å²) in [4.78, 5) is 9.87. The number of aromatic nitrogens is 2. The topological polar surface area (TPSA) is 87.6 Å². The van der Waals surface area contributed by atoms with E-state index in [4.69, 9.17) is 10.9 Å². The third kappa shape index (κ3) is 3.35. The third-order valence-electron chi connectivity index (χ3n) is 1.84. The van der Waals surface area contributed by atoms with Crippen LogP contribution in [0.1, 0.15) is 6.42 Å². The van der Waals surface area contributed by atoms with Crippen LogP contribution in [-0.2, 0) is 0 Å². The van der Waals surface area contributed by atoms with Gasteiger partial charge in [0.15, 0.2) is 0 Å². The van der Waals surface area contributed by atoms with Gasteiger partial charge < -0.3 is 15.8 Å². The highest BCUT2D eigenvalue weighted by atomic mass is 79.9. The smallest absolute Gasteiger partial charge is 0.146 e. The summed E-state index contributed by atoms with van der Waals surface area (Å²) in [5.41, 5.74) is 5.37. The number of oxime groups is 1. The summed E-state index contributed by atoms with van der Waals surface area (Å²) in [7, 11) is 1.87. The van der Waals surface area contributed by atoms with Crippen LogP contribution in [0.4, 0.5) is 5.82 Å². The molecule has 0 aliphatic rings. The number of halogens is 1. The van der Waals surface area contributed by atoms with E-state index in [1.165, 1.54) is 6.33 Å². The molecule has 0 atom stereocenters. The molecule has 0 spiro atoms. The zero-order chi connectivity index (χ0) is 11.3. The SMILES string of the molecule is CN(CCC(N)=NO)c1ncncc1Br. The summed E-state index contributed by atoms with van der Waals surface area (Å²) in [5, 5.41) is 11.3. The quantitative estimate of drug-likeness (QED) is 0.367. The van der Waals surface area contributed by atoms with E-state index >= 15 is 0 Å². The van der Waals surface area contributed by atoms with Gasteiger partial charge in [0.25, 0.3) is 0 Å². The van der Waals surface area contributed by atoms with Crippen LogP contribution in [0.15, 0.2) is 22.2 Å². The minimum atomic E-state index is 0.201. The molecule has 6 nitrogen and oxygen atoms in total. The second kappa shape index (κ2) is 5.50. The summed E-state index contributed by atoms with van der Waals surface area (Å²) in [6.07, 6.45) is 3.62. The molecule has 0 amide bonds. The van der Waals surface area contributed by atoms with Crippen LogP contribution >= 0.6 is 15.9 Å². The lowest BCUT2D eigenvalue weighted by atomic mass is 10.3. The molecule has 0 aliphatic carbocycles. The fourth-order valence-electron chi connectivity index (χ4n) is 1.03. The molecule has 0 aliphatic heterocycles. The van der Waals surface area contributed by atoms with E-state index in [1.807, 2.05) is 11.9 Å². The summed E-state index contributed by atoms with van der Waals surface area (Å²) in [5.74, 6) is 0.975. The van der Waals surface area contributed by atoms with Crippen LogP contribution in [0.5, 0.6) is 0 Å². The molecule has 1 aromatic heterocycles. The van der Waals surface area contributed by atoms with Crippen LogP contribution in [0.25, 0.3) is 0 Å². The molecule has 0 bridgehead atoms. The molecule has 0 unspecified atom stereocenters. The minimum absolute atomic E-state index is 0.201. The molecule has 1 aromatic rings. The van der Waals surface area contributed by atoms with Crippen molar-refractivity contribution in [2.75, 3.05) is 18.5 Å². The van der Waals surface area contributed by atoms with Crippen molar-refractivity contribution in [2.24, 2.45) is 10.9 Å². The molecule has 0 aromatic carbocycles. The van der Waals surface area contributed by atoms with Crippen molar-refractivity contribution in [2.45, 2.75) is 6.42 Å². The van der Waals surface area contributed by atoms with Crippen LogP contribution in [0, 0.1) is 0 Å². The van der Waals surface area contributed by atoms with E-state index in [1.54, 1.807) is 6.20 Å². The Morgan fingerprint density at radius 3 is 3.07 bits per heavy atom. The number of hydrogen-bond donors (Lipinski definition) is 2. The van der Waals surface area contributed by atoms with Crippen LogP contribution in [-0.4, -0.2) is 34.6 Å². The van der Waals surface area contributed by atoms with Gasteiger partial charge in [-0.05, 0) is 15.9 Å². The summed E-state index contributed by atoms with van der Waals surface area (Å²) >= 11 is 3.34. The lowest BCUT2D eigenvalue weighted by molar-refractivity contribution is 0.317. The number of anilines is 1. The Labute approximate surface area is 95.9 Å². The Balaban J connectivity index is 2.61. The highest BCUT2D eigenvalue weighted by Gasteiger charge is 2.07. The standard InChI is InChI=1S/C8H12BrN5O/c1-14(3-2-7(10)13-15)8-6(9)4-11-5-12-8/h4-5,15H,2-3H2,1H3,(H2,10,13). The van der Waals surface area contributed by atoms with Crippen LogP contribution in [0.2, 0.25) is 0 Å². The van der Waals surface area contributed by atoms with Gasteiger partial charge in [0.05, 0.1) is 4.47 Å². The van der Waals surface area contributed by atoms with Gasteiger partial charge in [-0.15, -0.1) is 0 Å². The predicted octanol–water partition coefficient (Wildman–Crippen LogP) is 0.812. The fraction of sp³-hybridized carbons (Fsp3) is 0.375. The van der Waals surface area contributed by atoms with Crippen molar-refractivity contribution in [1.29, 1.82) is 0 Å². The first-order valence-electron chi connectivity index (χ1n) is 4.28. The molecule has 0 saturated heterocycles. The average molecular weight is 274 g/mol. The Kier molecular flexibility index (Phi) is 4.29. The number of amidine groups is 1. The maximum absolute atomic E-state index is 8.38. The molecule has 15 heavy (non-hydrogen) atoms. The Bertz CT molecular complexity index is 357. The van der Waals surface area contributed by atoms with Crippen molar-refractivity contribution in [1.82, 2.24) is 9.97 Å². The van der Waals surface area contributed by atoms with Gasteiger partial charge >= 0.3 is 0 Å². The van der Waals surface area contributed by atoms with Gasteiger partial charge in [-0.3, -0.25) is 0 Å². The van der Waals surface area contributed by atoms with Gasteiger partial charge in [0, 0.05) is 26.2 Å². The minimum Gasteiger partial charge on any atom is -0.409 e. The molecule has 0 fully saturated rings. The molecule has 1 heterocycles. The van der Waals surface area contributed by atoms with E-state index in [2.05, 4.69) is 31.1 Å². The molecule has 82 valence electrons. The molecule has 0 radical (unpaired) electrons. The van der Waals surface area contributed by atoms with E-state index in [0.29, 0.717) is 13.0 Å². The number of nitrogens with zero attached hydrogens (tertiary/aromatic N) is 4. The first-order valence-corrected chi connectivity index (χ1v) is 5.07. The van der Waals surface area contributed by atoms with E-state index in [9.17, 15) is 0 Å². The van der Waals surface area contributed by atoms with Crippen LogP contribution in [0.3, 0.4) is 0 Å². The van der Waals surface area contributed by atoms with Gasteiger partial charge in [0.1, 0.15) is 18.0 Å². The van der Waals surface area contributed by atoms with Crippen molar-refractivity contribution < 1.29 is 5.21 Å². The van der Waals surface area contributed by atoms with Gasteiger partial charge in [-0.2, -0.15) is 0 Å². The summed E-state index contributed by atoms with van der Waals surface area (Å²) in [6, 6.07) is 0. The monoisotopic (exact) mass is 273 g/mol. The molecular formula is C8H12BrN5O. The van der Waals surface area contributed by atoms with Crippen molar-refractivity contribution in [3.8, 4) is 0 Å².